The molecule has 0 saturated carbocycles. The predicted molar refractivity (Wildman–Crippen MR) is 97.9 cm³/mol. The van der Waals surface area contributed by atoms with Gasteiger partial charge in [-0.2, -0.15) is 0 Å². The monoisotopic (exact) mass is 371 g/mol. The van der Waals surface area contributed by atoms with Crippen LogP contribution >= 0.6 is 0 Å². The lowest BCUT2D eigenvalue weighted by atomic mass is 10.0. The highest BCUT2D eigenvalue weighted by Crippen LogP contribution is 2.18. The van der Waals surface area contributed by atoms with E-state index in [9.17, 15) is 19.5 Å². The van der Waals surface area contributed by atoms with Crippen molar-refractivity contribution < 1.29 is 24.2 Å². The maximum Gasteiger partial charge on any atom is 0.407 e. The minimum atomic E-state index is -1.06. The van der Waals surface area contributed by atoms with Gasteiger partial charge in [0.2, 0.25) is 5.91 Å². The Bertz CT molecular complexity index is 502. The molecule has 8 nitrogen and oxygen atoms in total. The van der Waals surface area contributed by atoms with Gasteiger partial charge in [-0.25, -0.2) is 4.79 Å². The number of carboxylic acid groups (broad SMARTS) is 1. The Balaban J connectivity index is 2.54. The van der Waals surface area contributed by atoms with E-state index in [0.29, 0.717) is 31.8 Å². The van der Waals surface area contributed by atoms with Gasteiger partial charge in [0.25, 0.3) is 0 Å². The van der Waals surface area contributed by atoms with Gasteiger partial charge in [0.1, 0.15) is 11.6 Å². The number of hydrogen-bond acceptors (Lipinski definition) is 5. The summed E-state index contributed by atoms with van der Waals surface area (Å²) in [5.41, 5.74) is -0.535. The zero-order valence-electron chi connectivity index (χ0n) is 16.5. The second-order valence-electron chi connectivity index (χ2n) is 8.19. The molecule has 1 saturated heterocycles. The van der Waals surface area contributed by atoms with Crippen molar-refractivity contribution >= 4 is 18.0 Å². The van der Waals surface area contributed by atoms with E-state index < -0.39 is 17.7 Å². The summed E-state index contributed by atoms with van der Waals surface area (Å²) in [4.78, 5) is 36.7. The van der Waals surface area contributed by atoms with E-state index in [1.54, 1.807) is 0 Å². The quantitative estimate of drug-likeness (QED) is 0.559. The summed E-state index contributed by atoms with van der Waals surface area (Å²) in [6.07, 6.45) is 0.895. The molecule has 0 aromatic rings. The summed E-state index contributed by atoms with van der Waals surface area (Å²) in [5.74, 6) is -0.266. The molecule has 0 aromatic heterocycles. The van der Waals surface area contributed by atoms with Crippen LogP contribution in [0.15, 0.2) is 0 Å². The molecule has 3 N–H and O–H groups in total. The number of amides is 2. The van der Waals surface area contributed by atoms with Gasteiger partial charge in [-0.15, -0.1) is 0 Å². The Kier molecular flexibility index (Phi) is 8.33. The van der Waals surface area contributed by atoms with Crippen molar-refractivity contribution in [2.24, 2.45) is 5.92 Å². The Morgan fingerprint density at radius 1 is 1.27 bits per heavy atom. The van der Waals surface area contributed by atoms with Crippen molar-refractivity contribution in [3.05, 3.63) is 0 Å². The molecule has 0 aromatic carbocycles. The SMILES string of the molecule is CC(C)CC(CNCC(=O)OC(C)(C)C)NC(=O)C1CCCN1C(=O)O. The minimum Gasteiger partial charge on any atom is -0.465 e. The average molecular weight is 371 g/mol. The first kappa shape index (κ1) is 22.2. The van der Waals surface area contributed by atoms with Crippen LogP contribution in [0.25, 0.3) is 0 Å². The third-order valence-corrected chi connectivity index (χ3v) is 3.98. The Hall–Kier alpha value is -1.83. The number of esters is 1. The van der Waals surface area contributed by atoms with E-state index in [0.717, 1.165) is 6.42 Å². The molecule has 1 fully saturated rings. The lowest BCUT2D eigenvalue weighted by Gasteiger charge is -2.26. The number of carbonyl (C=O) groups excluding carboxylic acids is 2. The largest absolute Gasteiger partial charge is 0.465 e. The van der Waals surface area contributed by atoms with Crippen LogP contribution in [0.3, 0.4) is 0 Å². The zero-order valence-corrected chi connectivity index (χ0v) is 16.5. The fourth-order valence-corrected chi connectivity index (χ4v) is 3.05. The third-order valence-electron chi connectivity index (χ3n) is 3.98. The van der Waals surface area contributed by atoms with Gasteiger partial charge in [0.05, 0.1) is 6.54 Å². The van der Waals surface area contributed by atoms with Crippen LogP contribution in [-0.4, -0.2) is 65.3 Å². The molecule has 2 atom stereocenters. The summed E-state index contributed by atoms with van der Waals surface area (Å²) in [6, 6.07) is -0.811. The molecule has 150 valence electrons. The van der Waals surface area contributed by atoms with Gasteiger partial charge < -0.3 is 20.5 Å². The van der Waals surface area contributed by atoms with Crippen LogP contribution < -0.4 is 10.6 Å². The molecule has 0 spiro atoms. The van der Waals surface area contributed by atoms with Crippen LogP contribution in [0.5, 0.6) is 0 Å². The maximum absolute atomic E-state index is 12.5. The summed E-state index contributed by atoms with van der Waals surface area (Å²) < 4.78 is 5.24. The van der Waals surface area contributed by atoms with E-state index in [-0.39, 0.29) is 24.5 Å². The fourth-order valence-electron chi connectivity index (χ4n) is 3.05. The molecule has 0 radical (unpaired) electrons. The Labute approximate surface area is 155 Å². The molecule has 1 aliphatic rings. The van der Waals surface area contributed by atoms with Crippen molar-refractivity contribution in [1.29, 1.82) is 0 Å². The second kappa shape index (κ2) is 9.75. The fraction of sp³-hybridized carbons (Fsp3) is 0.833. The van der Waals surface area contributed by atoms with E-state index >= 15 is 0 Å². The summed E-state index contributed by atoms with van der Waals surface area (Å²) in [6.45, 7) is 10.4. The van der Waals surface area contributed by atoms with Gasteiger partial charge in [-0.05, 0) is 46.0 Å². The van der Waals surface area contributed by atoms with Crippen molar-refractivity contribution in [2.75, 3.05) is 19.6 Å². The predicted octanol–water partition coefficient (Wildman–Crippen LogP) is 1.59. The highest BCUT2D eigenvalue weighted by atomic mass is 16.6. The highest BCUT2D eigenvalue weighted by Gasteiger charge is 2.34. The Morgan fingerprint density at radius 3 is 2.46 bits per heavy atom. The van der Waals surface area contributed by atoms with Gasteiger partial charge in [0.15, 0.2) is 0 Å². The first-order valence-electron chi connectivity index (χ1n) is 9.22. The average Bonchev–Trinajstić information content (AvgIpc) is 2.94. The molecular formula is C18H33N3O5. The van der Waals surface area contributed by atoms with Crippen LogP contribution in [0.1, 0.15) is 53.9 Å². The molecular weight excluding hydrogens is 338 g/mol. The highest BCUT2D eigenvalue weighted by molar-refractivity contribution is 5.86. The molecule has 8 heteroatoms. The smallest absolute Gasteiger partial charge is 0.407 e. The van der Waals surface area contributed by atoms with Crippen LogP contribution in [-0.2, 0) is 14.3 Å². The van der Waals surface area contributed by atoms with Crippen LogP contribution in [0, 0.1) is 5.92 Å². The zero-order chi connectivity index (χ0) is 19.9. The third kappa shape index (κ3) is 8.03. The number of rotatable bonds is 8. The number of nitrogens with zero attached hydrogens (tertiary/aromatic N) is 1. The van der Waals surface area contributed by atoms with E-state index in [2.05, 4.69) is 10.6 Å². The number of hydrogen-bond donors (Lipinski definition) is 3. The molecule has 2 amide bonds. The van der Waals surface area contributed by atoms with Crippen molar-refractivity contribution in [3.63, 3.8) is 0 Å². The number of likely N-dealkylation sites (tertiary alicyclic amines) is 1. The molecule has 2 unspecified atom stereocenters. The van der Waals surface area contributed by atoms with E-state index in [1.165, 1.54) is 4.90 Å². The first-order valence-corrected chi connectivity index (χ1v) is 9.22. The van der Waals surface area contributed by atoms with Crippen molar-refractivity contribution in [1.82, 2.24) is 15.5 Å². The molecule has 1 rings (SSSR count). The lowest BCUT2D eigenvalue weighted by Crippen LogP contribution is -2.51. The lowest BCUT2D eigenvalue weighted by molar-refractivity contribution is -0.153. The molecule has 1 aliphatic heterocycles. The normalized spacial score (nSPS) is 18.7. The molecule has 0 aliphatic carbocycles. The molecule has 1 heterocycles. The van der Waals surface area contributed by atoms with E-state index in [4.69, 9.17) is 4.74 Å². The maximum atomic E-state index is 12.5. The van der Waals surface area contributed by atoms with Gasteiger partial charge in [-0.1, -0.05) is 13.8 Å². The standard InChI is InChI=1S/C18H33N3O5/c1-12(2)9-13(10-19-11-15(22)26-18(3,4)5)20-16(23)14-7-6-8-21(14)17(24)25/h12-14,19H,6-11H2,1-5H3,(H,20,23)(H,24,25). The van der Waals surface area contributed by atoms with Crippen molar-refractivity contribution in [3.8, 4) is 0 Å². The van der Waals surface area contributed by atoms with Gasteiger partial charge in [-0.3, -0.25) is 14.5 Å². The van der Waals surface area contributed by atoms with E-state index in [1.807, 2.05) is 34.6 Å². The van der Waals surface area contributed by atoms with Crippen LogP contribution in [0.2, 0.25) is 0 Å². The molecule has 26 heavy (non-hydrogen) atoms. The van der Waals surface area contributed by atoms with Gasteiger partial charge in [0, 0.05) is 19.1 Å². The summed E-state index contributed by atoms with van der Waals surface area (Å²) >= 11 is 0. The number of carbonyl (C=O) groups is 3. The van der Waals surface area contributed by atoms with Crippen LogP contribution in [0.4, 0.5) is 4.79 Å². The topological polar surface area (TPSA) is 108 Å². The first-order chi connectivity index (χ1) is 12.0. The Morgan fingerprint density at radius 2 is 1.92 bits per heavy atom. The number of nitrogens with one attached hydrogen (secondary N) is 2. The van der Waals surface area contributed by atoms with Crippen molar-refractivity contribution in [2.45, 2.75) is 71.6 Å². The number of ether oxygens (including phenoxy) is 1. The molecule has 0 bridgehead atoms. The minimum absolute atomic E-state index is 0.0619. The second-order valence-corrected chi connectivity index (χ2v) is 8.19. The summed E-state index contributed by atoms with van der Waals surface area (Å²) in [7, 11) is 0. The summed E-state index contributed by atoms with van der Waals surface area (Å²) in [5, 5.41) is 15.2. The van der Waals surface area contributed by atoms with Gasteiger partial charge >= 0.3 is 12.1 Å².